The summed E-state index contributed by atoms with van der Waals surface area (Å²) in [6, 6.07) is 0.440. The van der Waals surface area contributed by atoms with Crippen LogP contribution in [-0.2, 0) is 10.3 Å². The maximum atomic E-state index is 12.7. The average Bonchev–Trinajstić information content (AvgIpc) is 3.27. The van der Waals surface area contributed by atoms with Crippen molar-refractivity contribution in [3.05, 3.63) is 24.3 Å². The number of imidazole rings is 1. The van der Waals surface area contributed by atoms with Gasteiger partial charge in [-0.15, -0.1) is 0 Å². The molecular weight excluding hydrogens is 366 g/mol. The summed E-state index contributed by atoms with van der Waals surface area (Å²) < 4.78 is 7.67. The number of carbonyl (C=O) groups excluding carboxylic acids is 1. The monoisotopic (exact) mass is 399 g/mol. The molecule has 0 saturated heterocycles. The van der Waals surface area contributed by atoms with Crippen molar-refractivity contribution in [2.45, 2.75) is 95.7 Å². The molecule has 0 atom stereocenters. The highest BCUT2D eigenvalue weighted by Crippen LogP contribution is 2.42. The first-order valence-electron chi connectivity index (χ1n) is 11.0. The Morgan fingerprint density at radius 3 is 2.59 bits per heavy atom. The van der Waals surface area contributed by atoms with E-state index >= 15 is 0 Å². The Labute approximate surface area is 172 Å². The molecule has 0 aliphatic heterocycles. The molecule has 2 aromatic heterocycles. The molecule has 7 nitrogen and oxygen atoms in total. The van der Waals surface area contributed by atoms with Crippen LogP contribution in [0.5, 0.6) is 0 Å². The van der Waals surface area contributed by atoms with Gasteiger partial charge in [-0.05, 0) is 46.5 Å². The molecule has 2 saturated carbocycles. The van der Waals surface area contributed by atoms with Crippen molar-refractivity contribution in [1.82, 2.24) is 19.7 Å². The standard InChI is InChI=1S/C22H33N5O2/c1-21(2,3)29-20(28)26-22(11-7-8-12-22)18-19(24-16-9-5-4-6-10-16)27-14-13-23-15-17(27)25-18/h13-16,24H,4-12H2,1-3H3,(H,26,28). The van der Waals surface area contributed by atoms with Crippen molar-refractivity contribution in [1.29, 1.82) is 0 Å². The lowest BCUT2D eigenvalue weighted by Crippen LogP contribution is -2.46. The largest absolute Gasteiger partial charge is 0.444 e. The fourth-order valence-corrected chi connectivity index (χ4v) is 4.72. The molecule has 0 unspecified atom stereocenters. The molecule has 2 heterocycles. The molecule has 1 amide bonds. The molecular formula is C22H33N5O2. The summed E-state index contributed by atoms with van der Waals surface area (Å²) in [5.41, 5.74) is 0.679. The molecule has 2 aliphatic carbocycles. The van der Waals surface area contributed by atoms with Crippen LogP contribution in [-0.4, -0.2) is 32.1 Å². The van der Waals surface area contributed by atoms with Crippen LogP contribution in [0.3, 0.4) is 0 Å². The Bertz CT molecular complexity index is 858. The summed E-state index contributed by atoms with van der Waals surface area (Å²) in [6.45, 7) is 5.67. The highest BCUT2D eigenvalue weighted by molar-refractivity contribution is 5.70. The minimum Gasteiger partial charge on any atom is -0.444 e. The van der Waals surface area contributed by atoms with Crippen molar-refractivity contribution in [2.75, 3.05) is 5.32 Å². The second kappa shape index (κ2) is 7.84. The van der Waals surface area contributed by atoms with Crippen molar-refractivity contribution >= 4 is 17.6 Å². The number of fused-ring (bicyclic) bond motifs is 1. The number of nitrogens with one attached hydrogen (secondary N) is 2. The Morgan fingerprint density at radius 2 is 1.90 bits per heavy atom. The van der Waals surface area contributed by atoms with Crippen molar-refractivity contribution in [3.8, 4) is 0 Å². The van der Waals surface area contributed by atoms with Crippen LogP contribution in [0.25, 0.3) is 5.65 Å². The third-order valence-corrected chi connectivity index (χ3v) is 6.03. The van der Waals surface area contributed by atoms with Gasteiger partial charge in [-0.3, -0.25) is 9.38 Å². The number of carbonyl (C=O) groups is 1. The fraction of sp³-hybridized carbons (Fsp3) is 0.682. The number of rotatable bonds is 4. The molecule has 2 aromatic rings. The van der Waals surface area contributed by atoms with E-state index < -0.39 is 11.1 Å². The van der Waals surface area contributed by atoms with E-state index in [0.717, 1.165) is 42.8 Å². The van der Waals surface area contributed by atoms with Gasteiger partial charge >= 0.3 is 6.09 Å². The topological polar surface area (TPSA) is 80.5 Å². The summed E-state index contributed by atoms with van der Waals surface area (Å²) in [5, 5.41) is 6.98. The summed E-state index contributed by atoms with van der Waals surface area (Å²) in [5.74, 6) is 0.993. The van der Waals surface area contributed by atoms with Gasteiger partial charge < -0.3 is 15.4 Å². The normalized spacial score (nSPS) is 20.0. The van der Waals surface area contributed by atoms with Gasteiger partial charge in [-0.25, -0.2) is 9.78 Å². The predicted molar refractivity (Wildman–Crippen MR) is 113 cm³/mol. The van der Waals surface area contributed by atoms with Gasteiger partial charge in [0.2, 0.25) is 0 Å². The minimum absolute atomic E-state index is 0.377. The van der Waals surface area contributed by atoms with Gasteiger partial charge in [-0.2, -0.15) is 0 Å². The zero-order valence-corrected chi connectivity index (χ0v) is 17.8. The zero-order valence-electron chi connectivity index (χ0n) is 17.8. The third-order valence-electron chi connectivity index (χ3n) is 6.03. The first-order valence-corrected chi connectivity index (χ1v) is 11.0. The van der Waals surface area contributed by atoms with Crippen LogP contribution in [0.4, 0.5) is 10.6 Å². The van der Waals surface area contributed by atoms with E-state index in [0.29, 0.717) is 6.04 Å². The van der Waals surface area contributed by atoms with Crippen LogP contribution in [0.2, 0.25) is 0 Å². The summed E-state index contributed by atoms with van der Waals surface area (Å²) in [6.07, 6.45) is 15.2. The van der Waals surface area contributed by atoms with E-state index in [1.165, 1.54) is 32.1 Å². The molecule has 7 heteroatoms. The number of ether oxygens (including phenoxy) is 1. The SMILES string of the molecule is CC(C)(C)OC(=O)NC1(c2nc3cnccn3c2NC2CCCCC2)CCCC1. The molecule has 29 heavy (non-hydrogen) atoms. The number of anilines is 1. The molecule has 0 aromatic carbocycles. The molecule has 158 valence electrons. The van der Waals surface area contributed by atoms with E-state index in [-0.39, 0.29) is 6.09 Å². The fourth-order valence-electron chi connectivity index (χ4n) is 4.72. The van der Waals surface area contributed by atoms with Gasteiger partial charge in [0.15, 0.2) is 5.65 Å². The highest BCUT2D eigenvalue weighted by Gasteiger charge is 2.43. The molecule has 0 spiro atoms. The Kier molecular flexibility index (Phi) is 5.40. The quantitative estimate of drug-likeness (QED) is 0.774. The van der Waals surface area contributed by atoms with Crippen LogP contribution < -0.4 is 10.6 Å². The Morgan fingerprint density at radius 1 is 1.17 bits per heavy atom. The van der Waals surface area contributed by atoms with E-state index in [1.807, 2.05) is 27.0 Å². The summed E-state index contributed by atoms with van der Waals surface area (Å²) in [7, 11) is 0. The second-order valence-electron chi connectivity index (χ2n) is 9.51. The number of alkyl carbamates (subject to hydrolysis) is 1. The molecule has 4 rings (SSSR count). The van der Waals surface area contributed by atoms with Crippen molar-refractivity contribution in [3.63, 3.8) is 0 Å². The van der Waals surface area contributed by atoms with Gasteiger partial charge in [0.25, 0.3) is 0 Å². The number of amides is 1. The number of nitrogens with zero attached hydrogens (tertiary/aromatic N) is 3. The molecule has 0 radical (unpaired) electrons. The molecule has 0 bridgehead atoms. The van der Waals surface area contributed by atoms with E-state index in [9.17, 15) is 4.79 Å². The Hall–Kier alpha value is -2.31. The van der Waals surface area contributed by atoms with E-state index in [4.69, 9.17) is 9.72 Å². The number of hydrogen-bond donors (Lipinski definition) is 2. The van der Waals surface area contributed by atoms with Crippen LogP contribution in [0.15, 0.2) is 18.6 Å². The minimum atomic E-state index is -0.532. The lowest BCUT2D eigenvalue weighted by Gasteiger charge is -2.32. The third kappa shape index (κ3) is 4.33. The van der Waals surface area contributed by atoms with Gasteiger partial charge in [0.05, 0.1) is 11.7 Å². The predicted octanol–water partition coefficient (Wildman–Crippen LogP) is 4.77. The molecule has 2 N–H and O–H groups in total. The van der Waals surface area contributed by atoms with Crippen LogP contribution in [0.1, 0.15) is 84.3 Å². The van der Waals surface area contributed by atoms with E-state index in [1.54, 1.807) is 12.4 Å². The summed E-state index contributed by atoms with van der Waals surface area (Å²) in [4.78, 5) is 21.9. The maximum absolute atomic E-state index is 12.7. The first kappa shape index (κ1) is 20.0. The molecule has 2 fully saturated rings. The summed E-state index contributed by atoms with van der Waals surface area (Å²) >= 11 is 0. The van der Waals surface area contributed by atoms with Crippen molar-refractivity contribution in [2.24, 2.45) is 0 Å². The number of aromatic nitrogens is 3. The smallest absolute Gasteiger partial charge is 0.408 e. The highest BCUT2D eigenvalue weighted by atomic mass is 16.6. The van der Waals surface area contributed by atoms with Crippen LogP contribution in [0, 0.1) is 0 Å². The van der Waals surface area contributed by atoms with Gasteiger partial charge in [0.1, 0.15) is 17.1 Å². The van der Waals surface area contributed by atoms with E-state index in [2.05, 4.69) is 20.0 Å². The average molecular weight is 400 g/mol. The lowest BCUT2D eigenvalue weighted by molar-refractivity contribution is 0.0451. The van der Waals surface area contributed by atoms with Gasteiger partial charge in [-0.1, -0.05) is 32.1 Å². The Balaban J connectivity index is 1.71. The first-order chi connectivity index (χ1) is 13.9. The number of hydrogen-bond acceptors (Lipinski definition) is 5. The lowest BCUT2D eigenvalue weighted by atomic mass is 9.92. The second-order valence-corrected chi connectivity index (χ2v) is 9.51. The maximum Gasteiger partial charge on any atom is 0.408 e. The van der Waals surface area contributed by atoms with Gasteiger partial charge in [0, 0.05) is 18.4 Å². The zero-order chi connectivity index (χ0) is 20.5. The van der Waals surface area contributed by atoms with Crippen molar-refractivity contribution < 1.29 is 9.53 Å². The molecule has 2 aliphatic rings. The van der Waals surface area contributed by atoms with Crippen LogP contribution >= 0.6 is 0 Å².